The van der Waals surface area contributed by atoms with Crippen molar-refractivity contribution in [1.82, 2.24) is 9.80 Å². The third-order valence-corrected chi connectivity index (χ3v) is 2.98. The third-order valence-electron chi connectivity index (χ3n) is 2.98. The SMILES string of the molecule is CC(CC(=O)N(C)CCN(C)C)C(=O)C(C)(C)C. The average molecular weight is 256 g/mol. The first kappa shape index (κ1) is 17.1. The van der Waals surface area contributed by atoms with Gasteiger partial charge in [0, 0.05) is 37.9 Å². The highest BCUT2D eigenvalue weighted by atomic mass is 16.2. The van der Waals surface area contributed by atoms with Gasteiger partial charge in [-0.05, 0) is 14.1 Å². The minimum absolute atomic E-state index is 0.0435. The van der Waals surface area contributed by atoms with Crippen molar-refractivity contribution in [3.05, 3.63) is 0 Å². The Kier molecular flexibility index (Phi) is 6.54. The normalized spacial score (nSPS) is 13.6. The zero-order valence-corrected chi connectivity index (χ0v) is 12.9. The highest BCUT2D eigenvalue weighted by molar-refractivity contribution is 5.89. The van der Waals surface area contributed by atoms with Crippen LogP contribution < -0.4 is 0 Å². The molecule has 4 heteroatoms. The minimum Gasteiger partial charge on any atom is -0.344 e. The zero-order chi connectivity index (χ0) is 14.5. The summed E-state index contributed by atoms with van der Waals surface area (Å²) in [6.07, 6.45) is 0.306. The van der Waals surface area contributed by atoms with Gasteiger partial charge in [-0.25, -0.2) is 0 Å². The molecule has 0 aromatic carbocycles. The minimum atomic E-state index is -0.373. The second-order valence-corrected chi connectivity index (χ2v) is 6.34. The number of carbonyl (C=O) groups excluding carboxylic acids is 2. The molecule has 0 aromatic rings. The number of ketones is 1. The van der Waals surface area contributed by atoms with Crippen molar-refractivity contribution >= 4 is 11.7 Å². The van der Waals surface area contributed by atoms with Crippen LogP contribution >= 0.6 is 0 Å². The largest absolute Gasteiger partial charge is 0.344 e. The molecule has 0 fully saturated rings. The van der Waals surface area contributed by atoms with Gasteiger partial charge in [0.1, 0.15) is 5.78 Å². The van der Waals surface area contributed by atoms with Crippen molar-refractivity contribution in [1.29, 1.82) is 0 Å². The van der Waals surface area contributed by atoms with Crippen LogP contribution in [0.1, 0.15) is 34.1 Å². The lowest BCUT2D eigenvalue weighted by atomic mass is 9.82. The summed E-state index contributed by atoms with van der Waals surface area (Å²) in [5, 5.41) is 0. The molecule has 0 saturated carbocycles. The highest BCUT2D eigenvalue weighted by Crippen LogP contribution is 2.22. The Balaban J connectivity index is 4.27. The number of carbonyl (C=O) groups is 2. The average Bonchev–Trinajstić information content (AvgIpc) is 2.22. The first-order valence-electron chi connectivity index (χ1n) is 6.48. The Labute approximate surface area is 111 Å². The van der Waals surface area contributed by atoms with Crippen LogP contribution in [0.4, 0.5) is 0 Å². The van der Waals surface area contributed by atoms with Crippen LogP contribution in [0.2, 0.25) is 0 Å². The molecule has 0 bridgehead atoms. The van der Waals surface area contributed by atoms with Gasteiger partial charge in [-0.15, -0.1) is 0 Å². The van der Waals surface area contributed by atoms with Gasteiger partial charge in [0.05, 0.1) is 0 Å². The maximum atomic E-state index is 12.0. The van der Waals surface area contributed by atoms with Crippen molar-refractivity contribution in [2.45, 2.75) is 34.1 Å². The Hall–Kier alpha value is -0.900. The van der Waals surface area contributed by atoms with E-state index in [1.165, 1.54) is 0 Å². The van der Waals surface area contributed by atoms with Crippen molar-refractivity contribution in [2.75, 3.05) is 34.2 Å². The first-order chi connectivity index (χ1) is 8.05. The molecule has 1 atom stereocenters. The van der Waals surface area contributed by atoms with Gasteiger partial charge in [-0.3, -0.25) is 9.59 Å². The van der Waals surface area contributed by atoms with E-state index in [4.69, 9.17) is 0 Å². The van der Waals surface area contributed by atoms with Crippen LogP contribution in [-0.2, 0) is 9.59 Å². The van der Waals surface area contributed by atoms with E-state index in [1.807, 2.05) is 46.7 Å². The summed E-state index contributed by atoms with van der Waals surface area (Å²) < 4.78 is 0. The molecule has 18 heavy (non-hydrogen) atoms. The fraction of sp³-hybridized carbons (Fsp3) is 0.857. The van der Waals surface area contributed by atoms with Crippen LogP contribution in [0.5, 0.6) is 0 Å². The predicted octanol–water partition coefficient (Wildman–Crippen LogP) is 1.65. The fourth-order valence-corrected chi connectivity index (χ4v) is 1.72. The van der Waals surface area contributed by atoms with Gasteiger partial charge in [-0.2, -0.15) is 0 Å². The first-order valence-corrected chi connectivity index (χ1v) is 6.48. The van der Waals surface area contributed by atoms with E-state index in [0.29, 0.717) is 13.0 Å². The van der Waals surface area contributed by atoms with Crippen molar-refractivity contribution < 1.29 is 9.59 Å². The molecule has 0 spiro atoms. The maximum absolute atomic E-state index is 12.0. The second kappa shape index (κ2) is 6.88. The van der Waals surface area contributed by atoms with E-state index < -0.39 is 0 Å². The molecule has 1 amide bonds. The maximum Gasteiger partial charge on any atom is 0.223 e. The lowest BCUT2D eigenvalue weighted by Crippen LogP contribution is -2.36. The van der Waals surface area contributed by atoms with Crippen molar-refractivity contribution in [3.8, 4) is 0 Å². The number of nitrogens with zero attached hydrogens (tertiary/aromatic N) is 2. The van der Waals surface area contributed by atoms with Gasteiger partial charge >= 0.3 is 0 Å². The fourth-order valence-electron chi connectivity index (χ4n) is 1.72. The molecule has 106 valence electrons. The molecule has 0 aliphatic carbocycles. The molecule has 0 heterocycles. The van der Waals surface area contributed by atoms with Gasteiger partial charge in [0.15, 0.2) is 0 Å². The monoisotopic (exact) mass is 256 g/mol. The molecule has 0 N–H and O–H groups in total. The summed E-state index contributed by atoms with van der Waals surface area (Å²) in [4.78, 5) is 27.7. The molecule has 0 rings (SSSR count). The molecule has 0 radical (unpaired) electrons. The van der Waals surface area contributed by atoms with Crippen LogP contribution in [0.25, 0.3) is 0 Å². The van der Waals surface area contributed by atoms with Crippen LogP contribution in [-0.4, -0.2) is 55.7 Å². The number of hydrogen-bond acceptors (Lipinski definition) is 3. The van der Waals surface area contributed by atoms with E-state index in [9.17, 15) is 9.59 Å². The summed E-state index contributed by atoms with van der Waals surface area (Å²) >= 11 is 0. The number of likely N-dealkylation sites (N-methyl/N-ethyl adjacent to an activating group) is 2. The van der Waals surface area contributed by atoms with Crippen molar-refractivity contribution in [2.24, 2.45) is 11.3 Å². The van der Waals surface area contributed by atoms with Gasteiger partial charge in [0.2, 0.25) is 5.91 Å². The van der Waals surface area contributed by atoms with E-state index in [2.05, 4.69) is 0 Å². The quantitative estimate of drug-likeness (QED) is 0.725. The standard InChI is InChI=1S/C14H28N2O2/c1-11(13(18)14(2,3)4)10-12(17)16(7)9-8-15(5)6/h11H,8-10H2,1-7H3. The molecule has 0 aromatic heterocycles. The Morgan fingerprint density at radius 2 is 1.56 bits per heavy atom. The molecule has 4 nitrogen and oxygen atoms in total. The van der Waals surface area contributed by atoms with Crippen LogP contribution in [0, 0.1) is 11.3 Å². The van der Waals surface area contributed by atoms with Crippen LogP contribution in [0.15, 0.2) is 0 Å². The summed E-state index contributed by atoms with van der Waals surface area (Å²) in [6.45, 7) is 9.06. The predicted molar refractivity (Wildman–Crippen MR) is 74.4 cm³/mol. The summed E-state index contributed by atoms with van der Waals surface area (Å²) in [7, 11) is 5.74. The summed E-state index contributed by atoms with van der Waals surface area (Å²) in [6, 6.07) is 0. The third kappa shape index (κ3) is 6.15. The lowest BCUT2D eigenvalue weighted by Gasteiger charge is -2.24. The smallest absolute Gasteiger partial charge is 0.223 e. The summed E-state index contributed by atoms with van der Waals surface area (Å²) in [5.74, 6) is -0.0156. The van der Waals surface area contributed by atoms with Gasteiger partial charge < -0.3 is 9.80 Å². The van der Waals surface area contributed by atoms with Crippen molar-refractivity contribution in [3.63, 3.8) is 0 Å². The Morgan fingerprint density at radius 3 is 1.94 bits per heavy atom. The number of Topliss-reactive ketones (excluding diaryl/α,β-unsaturated/α-hetero) is 1. The number of hydrogen-bond donors (Lipinski definition) is 0. The van der Waals surface area contributed by atoms with Gasteiger partial charge in [-0.1, -0.05) is 27.7 Å². The van der Waals surface area contributed by atoms with Gasteiger partial charge in [0.25, 0.3) is 0 Å². The van der Waals surface area contributed by atoms with Crippen LogP contribution in [0.3, 0.4) is 0 Å². The highest BCUT2D eigenvalue weighted by Gasteiger charge is 2.28. The Morgan fingerprint density at radius 1 is 1.06 bits per heavy atom. The molecule has 0 aliphatic rings. The molecule has 0 saturated heterocycles. The topological polar surface area (TPSA) is 40.6 Å². The molecular weight excluding hydrogens is 228 g/mol. The molecule has 1 unspecified atom stereocenters. The molecule has 0 aliphatic heterocycles. The second-order valence-electron chi connectivity index (χ2n) is 6.34. The van der Waals surface area contributed by atoms with E-state index in [0.717, 1.165) is 6.54 Å². The molecular formula is C14H28N2O2. The van der Waals surface area contributed by atoms with E-state index in [-0.39, 0.29) is 23.0 Å². The Bertz CT molecular complexity index is 293. The number of amides is 1. The van der Waals surface area contributed by atoms with E-state index in [1.54, 1.807) is 11.9 Å². The lowest BCUT2D eigenvalue weighted by molar-refractivity contribution is -0.137. The summed E-state index contributed by atoms with van der Waals surface area (Å²) in [5.41, 5.74) is -0.373. The van der Waals surface area contributed by atoms with E-state index >= 15 is 0 Å². The number of rotatable bonds is 6. The zero-order valence-electron chi connectivity index (χ0n) is 12.9.